The Kier molecular flexibility index (Phi) is 12.6. The molecule has 0 unspecified atom stereocenters. The number of H-pyrrole nitrogens is 2. The molecule has 0 spiro atoms. The normalized spacial score (nSPS) is 11.6. The average Bonchev–Trinajstić information content (AvgIpc) is 4.15. The topological polar surface area (TPSA) is 183 Å². The van der Waals surface area contributed by atoms with Gasteiger partial charge in [0.05, 0.1) is 29.4 Å². The summed E-state index contributed by atoms with van der Waals surface area (Å²) in [5, 5.41) is 9.13. The van der Waals surface area contributed by atoms with Crippen molar-refractivity contribution in [3.05, 3.63) is 144 Å². The summed E-state index contributed by atoms with van der Waals surface area (Å²) in [6.07, 6.45) is 8.91. The van der Waals surface area contributed by atoms with Crippen LogP contribution in [0.4, 0.5) is 0 Å². The monoisotopic (exact) mass is 904 g/mol. The summed E-state index contributed by atoms with van der Waals surface area (Å²) in [5.41, 5.74) is 11.2. The first-order valence-electron chi connectivity index (χ1n) is 21.9. The second-order valence-corrected chi connectivity index (χ2v) is 16.1. The maximum Gasteiger partial charge on any atom is 0.308 e. The summed E-state index contributed by atoms with van der Waals surface area (Å²) in [4.78, 5) is 65.6. The second kappa shape index (κ2) is 19.3. The number of esters is 3. The number of unbranched alkanes of at least 4 members (excludes halogenated alkanes) is 1. The Morgan fingerprint density at radius 2 is 0.779 bits per heavy atom. The highest BCUT2D eigenvalue weighted by Crippen LogP contribution is 2.40. The van der Waals surface area contributed by atoms with Gasteiger partial charge in [0.15, 0.2) is 0 Å². The average molecular weight is 905 g/mol. The lowest BCUT2D eigenvalue weighted by molar-refractivity contribution is -0.137. The van der Waals surface area contributed by atoms with E-state index in [1.807, 2.05) is 109 Å². The van der Waals surface area contributed by atoms with Crippen LogP contribution in [0.15, 0.2) is 121 Å². The fourth-order valence-corrected chi connectivity index (χ4v) is 8.37. The Morgan fingerprint density at radius 3 is 1.10 bits per heavy atom. The fourth-order valence-electron chi connectivity index (χ4n) is 8.37. The number of carbonyl (C=O) groups is 4. The van der Waals surface area contributed by atoms with Crippen molar-refractivity contribution in [1.82, 2.24) is 19.9 Å². The minimum absolute atomic E-state index is 0.0673. The molecule has 13 heteroatoms. The van der Waals surface area contributed by atoms with E-state index in [0.717, 1.165) is 44.5 Å². The van der Waals surface area contributed by atoms with Gasteiger partial charge in [0.1, 0.15) is 23.0 Å². The van der Waals surface area contributed by atoms with Crippen LogP contribution in [0.2, 0.25) is 0 Å². The molecule has 0 aliphatic carbocycles. The summed E-state index contributed by atoms with van der Waals surface area (Å²) < 4.78 is 22.8. The van der Waals surface area contributed by atoms with Crippen molar-refractivity contribution in [3.63, 3.8) is 0 Å². The highest BCUT2D eigenvalue weighted by atomic mass is 16.5. The van der Waals surface area contributed by atoms with Gasteiger partial charge in [0.2, 0.25) is 0 Å². The zero-order chi connectivity index (χ0) is 47.3. The number of aliphatic carboxylic acids is 1. The summed E-state index contributed by atoms with van der Waals surface area (Å²) >= 11 is 0. The molecule has 2 aliphatic rings. The maximum atomic E-state index is 12.1. The Hall–Kier alpha value is -8.84. The van der Waals surface area contributed by atoms with Crippen LogP contribution in [0.25, 0.3) is 90.9 Å². The molecule has 3 N–H and O–H groups in total. The molecular weight excluding hydrogens is 861 g/mol. The van der Waals surface area contributed by atoms with Crippen molar-refractivity contribution in [2.45, 2.75) is 40.0 Å². The summed E-state index contributed by atoms with van der Waals surface area (Å²) in [6, 6.07) is 37.4. The third-order valence-corrected chi connectivity index (χ3v) is 11.1. The zero-order valence-corrected chi connectivity index (χ0v) is 37.3. The Balaban J connectivity index is 1.37. The lowest BCUT2D eigenvalue weighted by atomic mass is 10.0. The van der Waals surface area contributed by atoms with Gasteiger partial charge in [-0.3, -0.25) is 19.2 Å². The number of carbonyl (C=O) groups excluding carboxylic acids is 3. The number of aromatic amines is 2. The predicted octanol–water partition coefficient (Wildman–Crippen LogP) is 11.7. The van der Waals surface area contributed by atoms with Gasteiger partial charge < -0.3 is 34.0 Å². The number of benzene rings is 4. The van der Waals surface area contributed by atoms with E-state index in [1.54, 1.807) is 36.4 Å². The van der Waals surface area contributed by atoms with Gasteiger partial charge in [-0.15, -0.1) is 0 Å². The molecule has 7 aromatic rings. The molecule has 0 atom stereocenters. The van der Waals surface area contributed by atoms with Crippen LogP contribution in [-0.4, -0.2) is 55.5 Å². The SMILES string of the molecule is CC(=O)Oc1cccc(-c2c3nc(c(-c4cccc(OC(C)=O)c4)c4ccc([nH]4)c(-c4cccc(OC(C)=O)c4)c4nc(c(-c5cccc(OCCCCC(=O)O)c5)c5ccc2[nH]5)C=C4)C=C3)c1. The van der Waals surface area contributed by atoms with E-state index in [0.29, 0.717) is 87.3 Å². The molecule has 8 bridgehead atoms. The van der Waals surface area contributed by atoms with Gasteiger partial charge >= 0.3 is 23.9 Å². The van der Waals surface area contributed by atoms with E-state index in [9.17, 15) is 19.2 Å². The Morgan fingerprint density at radius 1 is 0.456 bits per heavy atom. The molecule has 4 aromatic carbocycles. The number of rotatable bonds is 13. The molecule has 0 saturated heterocycles. The van der Waals surface area contributed by atoms with Gasteiger partial charge in [0, 0.05) is 71.5 Å². The van der Waals surface area contributed by atoms with Gasteiger partial charge in [-0.05, 0) is 132 Å². The van der Waals surface area contributed by atoms with Crippen LogP contribution in [0.3, 0.4) is 0 Å². The smallest absolute Gasteiger partial charge is 0.308 e. The molecule has 2 aliphatic heterocycles. The van der Waals surface area contributed by atoms with Crippen molar-refractivity contribution < 1.29 is 43.2 Å². The third-order valence-electron chi connectivity index (χ3n) is 11.1. The van der Waals surface area contributed by atoms with Gasteiger partial charge in [-0.2, -0.15) is 0 Å². The fraction of sp³-hybridized carbons (Fsp3) is 0.127. The number of nitrogens with zero attached hydrogens (tertiary/aromatic N) is 2. The molecule has 68 heavy (non-hydrogen) atoms. The van der Waals surface area contributed by atoms with Crippen molar-refractivity contribution in [1.29, 1.82) is 0 Å². The first-order chi connectivity index (χ1) is 32.9. The minimum atomic E-state index is -0.844. The van der Waals surface area contributed by atoms with Crippen LogP contribution >= 0.6 is 0 Å². The molecular formula is C55H44N4O9. The van der Waals surface area contributed by atoms with Crippen molar-refractivity contribution >= 4 is 70.2 Å². The van der Waals surface area contributed by atoms with Crippen molar-refractivity contribution in [2.24, 2.45) is 0 Å². The molecule has 13 nitrogen and oxygen atoms in total. The van der Waals surface area contributed by atoms with Gasteiger partial charge in [-0.25, -0.2) is 9.97 Å². The van der Waals surface area contributed by atoms with Crippen LogP contribution in [-0.2, 0) is 19.2 Å². The quantitative estimate of drug-likeness (QED) is 0.0568. The minimum Gasteiger partial charge on any atom is -0.494 e. The second-order valence-electron chi connectivity index (χ2n) is 16.1. The first kappa shape index (κ1) is 44.4. The van der Waals surface area contributed by atoms with E-state index in [1.165, 1.54) is 20.8 Å². The van der Waals surface area contributed by atoms with Crippen molar-refractivity contribution in [2.75, 3.05) is 6.61 Å². The molecule has 3 aromatic heterocycles. The number of nitrogens with one attached hydrogen (secondary N) is 2. The van der Waals surface area contributed by atoms with E-state index in [2.05, 4.69) is 9.97 Å². The van der Waals surface area contributed by atoms with Crippen LogP contribution in [0.5, 0.6) is 23.0 Å². The lowest BCUT2D eigenvalue weighted by Gasteiger charge is -2.10. The maximum absolute atomic E-state index is 12.1. The third kappa shape index (κ3) is 9.87. The number of carboxylic acid groups (broad SMARTS) is 1. The molecule has 0 saturated carbocycles. The van der Waals surface area contributed by atoms with Crippen LogP contribution in [0, 0.1) is 0 Å². The van der Waals surface area contributed by atoms with Crippen LogP contribution in [0.1, 0.15) is 62.8 Å². The standard InChI is InChI=1S/C55H44N4O9/c1-32(60)66-40-15-7-11-36(29-40)53-45-21-19-43(56-45)52(35-10-6-14-39(28-35)65-27-5-4-18-51(63)64)44-20-22-46(57-44)54(37-12-8-16-41(30-37)67-33(2)61)48-24-26-50(59-48)55(49-25-23-47(53)58-49)38-13-9-17-42(31-38)68-34(3)62/h6-17,19-26,28-31,56,59H,4-5,18,27H2,1-3H3,(H,63,64). The number of carboxylic acids is 1. The van der Waals surface area contributed by atoms with E-state index in [4.69, 9.17) is 34.0 Å². The Labute approximate surface area is 390 Å². The summed E-state index contributed by atoms with van der Waals surface area (Å²) in [5.74, 6) is -0.492. The predicted molar refractivity (Wildman–Crippen MR) is 262 cm³/mol. The summed E-state index contributed by atoms with van der Waals surface area (Å²) in [7, 11) is 0. The van der Waals surface area contributed by atoms with Gasteiger partial charge in [0.25, 0.3) is 0 Å². The first-order valence-corrected chi connectivity index (χ1v) is 21.9. The highest BCUT2D eigenvalue weighted by Gasteiger charge is 2.20. The molecule has 5 heterocycles. The number of fused-ring (bicyclic) bond motifs is 8. The van der Waals surface area contributed by atoms with E-state index in [-0.39, 0.29) is 6.42 Å². The number of aromatic nitrogens is 4. The highest BCUT2D eigenvalue weighted by molar-refractivity contribution is 6.00. The Bertz CT molecular complexity index is 3340. The lowest BCUT2D eigenvalue weighted by Crippen LogP contribution is -2.01. The molecule has 0 radical (unpaired) electrons. The largest absolute Gasteiger partial charge is 0.494 e. The number of ether oxygens (including phenoxy) is 4. The van der Waals surface area contributed by atoms with E-state index >= 15 is 0 Å². The number of hydrogen-bond donors (Lipinski definition) is 3. The molecule has 338 valence electrons. The summed E-state index contributed by atoms with van der Waals surface area (Å²) in [6.45, 7) is 4.41. The molecule has 9 rings (SSSR count). The zero-order valence-electron chi connectivity index (χ0n) is 37.3. The van der Waals surface area contributed by atoms with Crippen molar-refractivity contribution in [3.8, 4) is 67.5 Å². The van der Waals surface area contributed by atoms with E-state index < -0.39 is 23.9 Å². The molecule has 0 fully saturated rings. The van der Waals surface area contributed by atoms with Gasteiger partial charge in [-0.1, -0.05) is 48.5 Å². The van der Waals surface area contributed by atoms with Crippen LogP contribution < -0.4 is 18.9 Å². The number of hydrogen-bond acceptors (Lipinski definition) is 10. The molecule has 0 amide bonds.